The SMILES string of the molecule is CCCOc1ccc(/C(O)=C2/C(=O)C(=O)N(c3ccc(N(C)C)cc3)C2c2ccc(N(C)C)cc2)cc1C. The van der Waals surface area contributed by atoms with E-state index in [4.69, 9.17) is 4.74 Å². The number of aryl methyl sites for hydroxylation is 1. The molecule has 0 aliphatic carbocycles. The highest BCUT2D eigenvalue weighted by molar-refractivity contribution is 6.51. The van der Waals surface area contributed by atoms with Gasteiger partial charge in [-0.3, -0.25) is 14.5 Å². The topological polar surface area (TPSA) is 73.3 Å². The minimum Gasteiger partial charge on any atom is -0.507 e. The zero-order valence-corrected chi connectivity index (χ0v) is 22.9. The molecule has 38 heavy (non-hydrogen) atoms. The highest BCUT2D eigenvalue weighted by atomic mass is 16.5. The Morgan fingerprint density at radius 2 is 1.47 bits per heavy atom. The number of carbonyl (C=O) groups excluding carboxylic acids is 2. The summed E-state index contributed by atoms with van der Waals surface area (Å²) in [6.45, 7) is 4.52. The molecule has 0 aromatic heterocycles. The Hall–Kier alpha value is -4.26. The summed E-state index contributed by atoms with van der Waals surface area (Å²) in [5, 5.41) is 11.5. The first-order chi connectivity index (χ1) is 18.1. The highest BCUT2D eigenvalue weighted by Crippen LogP contribution is 2.43. The van der Waals surface area contributed by atoms with E-state index in [9.17, 15) is 14.7 Å². The number of ether oxygens (including phenoxy) is 1. The monoisotopic (exact) mass is 513 g/mol. The fourth-order valence-electron chi connectivity index (χ4n) is 4.61. The molecule has 4 rings (SSSR count). The lowest BCUT2D eigenvalue weighted by molar-refractivity contribution is -0.132. The van der Waals surface area contributed by atoms with Crippen LogP contribution in [0.25, 0.3) is 5.76 Å². The van der Waals surface area contributed by atoms with Gasteiger partial charge in [-0.15, -0.1) is 0 Å². The summed E-state index contributed by atoms with van der Waals surface area (Å²) in [6, 6.07) is 19.6. The van der Waals surface area contributed by atoms with Crippen LogP contribution in [0.15, 0.2) is 72.3 Å². The van der Waals surface area contributed by atoms with Crippen LogP contribution in [0, 0.1) is 6.92 Å². The van der Waals surface area contributed by atoms with Crippen molar-refractivity contribution in [1.29, 1.82) is 0 Å². The lowest BCUT2D eigenvalue weighted by Crippen LogP contribution is -2.29. The fraction of sp³-hybridized carbons (Fsp3) is 0.290. The molecule has 1 heterocycles. The van der Waals surface area contributed by atoms with Gasteiger partial charge in [0.2, 0.25) is 0 Å². The van der Waals surface area contributed by atoms with Crippen LogP contribution in [0.2, 0.25) is 0 Å². The van der Waals surface area contributed by atoms with Gasteiger partial charge in [-0.2, -0.15) is 0 Å². The molecule has 0 bridgehead atoms. The van der Waals surface area contributed by atoms with Gasteiger partial charge in [0.15, 0.2) is 0 Å². The van der Waals surface area contributed by atoms with Crippen LogP contribution in [0.5, 0.6) is 5.75 Å². The van der Waals surface area contributed by atoms with Gasteiger partial charge in [-0.1, -0.05) is 19.1 Å². The quantitative estimate of drug-likeness (QED) is 0.242. The van der Waals surface area contributed by atoms with E-state index in [-0.39, 0.29) is 11.3 Å². The Balaban J connectivity index is 1.86. The van der Waals surface area contributed by atoms with Crippen LogP contribution in [-0.2, 0) is 9.59 Å². The van der Waals surface area contributed by atoms with E-state index in [1.54, 1.807) is 18.2 Å². The molecule has 0 radical (unpaired) electrons. The zero-order valence-electron chi connectivity index (χ0n) is 22.9. The second-order valence-electron chi connectivity index (χ2n) is 9.89. The van der Waals surface area contributed by atoms with Crippen molar-refractivity contribution in [2.75, 3.05) is 49.5 Å². The fourth-order valence-corrected chi connectivity index (χ4v) is 4.61. The predicted octanol–water partition coefficient (Wildman–Crippen LogP) is 5.54. The summed E-state index contributed by atoms with van der Waals surface area (Å²) >= 11 is 0. The third kappa shape index (κ3) is 5.09. The van der Waals surface area contributed by atoms with Crippen molar-refractivity contribution < 1.29 is 19.4 Å². The summed E-state index contributed by atoms with van der Waals surface area (Å²) in [5.41, 5.74) is 4.62. The third-order valence-electron chi connectivity index (χ3n) is 6.72. The zero-order chi connectivity index (χ0) is 27.6. The average Bonchev–Trinajstić information content (AvgIpc) is 3.17. The molecule has 1 amide bonds. The number of hydrogen-bond acceptors (Lipinski definition) is 6. The Bertz CT molecular complexity index is 1360. The Labute approximate surface area is 224 Å². The number of hydrogen-bond donors (Lipinski definition) is 1. The number of amides is 1. The van der Waals surface area contributed by atoms with E-state index in [0.717, 1.165) is 34.7 Å². The van der Waals surface area contributed by atoms with E-state index < -0.39 is 17.7 Å². The molecule has 7 heteroatoms. The number of rotatable bonds is 8. The second kappa shape index (κ2) is 11.0. The van der Waals surface area contributed by atoms with Crippen LogP contribution in [0.4, 0.5) is 17.1 Å². The Morgan fingerprint density at radius 1 is 0.895 bits per heavy atom. The maximum Gasteiger partial charge on any atom is 0.300 e. The number of anilines is 3. The maximum atomic E-state index is 13.5. The molecule has 1 aliphatic heterocycles. The number of nitrogens with zero attached hydrogens (tertiary/aromatic N) is 3. The molecule has 1 aliphatic rings. The van der Waals surface area contributed by atoms with Crippen LogP contribution in [-0.4, -0.2) is 51.6 Å². The highest BCUT2D eigenvalue weighted by Gasteiger charge is 2.47. The maximum absolute atomic E-state index is 13.5. The van der Waals surface area contributed by atoms with Gasteiger partial charge in [-0.25, -0.2) is 0 Å². The van der Waals surface area contributed by atoms with Crippen molar-refractivity contribution in [3.05, 3.63) is 89.0 Å². The largest absolute Gasteiger partial charge is 0.507 e. The Morgan fingerprint density at radius 3 is 2.00 bits per heavy atom. The minimum absolute atomic E-state index is 0.0610. The first kappa shape index (κ1) is 26.8. The third-order valence-corrected chi connectivity index (χ3v) is 6.72. The molecule has 1 fully saturated rings. The van der Waals surface area contributed by atoms with Crippen molar-refractivity contribution in [1.82, 2.24) is 0 Å². The standard InChI is InChI=1S/C31H35N3O4/c1-7-18-38-26-17-10-22(19-20(26)2)29(35)27-28(21-8-11-23(12-9-21)32(3)4)34(31(37)30(27)36)25-15-13-24(14-16-25)33(5)6/h8-17,19,28,35H,7,18H2,1-6H3/b29-27-. The summed E-state index contributed by atoms with van der Waals surface area (Å²) in [6.07, 6.45) is 0.882. The van der Waals surface area contributed by atoms with Crippen LogP contribution in [0.3, 0.4) is 0 Å². The van der Waals surface area contributed by atoms with Crippen molar-refractivity contribution >= 4 is 34.5 Å². The number of ketones is 1. The van der Waals surface area contributed by atoms with Gasteiger partial charge in [0.05, 0.1) is 18.2 Å². The summed E-state index contributed by atoms with van der Waals surface area (Å²) in [5.74, 6) is -0.876. The number of aliphatic hydroxyl groups is 1. The second-order valence-corrected chi connectivity index (χ2v) is 9.89. The molecule has 1 N–H and O–H groups in total. The van der Waals surface area contributed by atoms with E-state index >= 15 is 0 Å². The molecule has 7 nitrogen and oxygen atoms in total. The van der Waals surface area contributed by atoms with Gasteiger partial charge in [0.25, 0.3) is 11.7 Å². The molecular weight excluding hydrogens is 478 g/mol. The molecule has 198 valence electrons. The van der Waals surface area contributed by atoms with Crippen molar-refractivity contribution in [2.45, 2.75) is 26.3 Å². The molecular formula is C31H35N3O4. The molecule has 0 spiro atoms. The number of benzene rings is 3. The molecule has 1 atom stereocenters. The summed E-state index contributed by atoms with van der Waals surface area (Å²) in [7, 11) is 7.77. The number of aliphatic hydroxyl groups excluding tert-OH is 1. The van der Waals surface area contributed by atoms with Crippen LogP contribution in [0.1, 0.15) is 36.1 Å². The van der Waals surface area contributed by atoms with Gasteiger partial charge >= 0.3 is 0 Å². The first-order valence-electron chi connectivity index (χ1n) is 12.7. The van der Waals surface area contributed by atoms with Crippen molar-refractivity contribution in [3.63, 3.8) is 0 Å². The van der Waals surface area contributed by atoms with E-state index in [1.165, 1.54) is 4.90 Å². The average molecular weight is 514 g/mol. The van der Waals surface area contributed by atoms with Crippen molar-refractivity contribution in [2.24, 2.45) is 0 Å². The molecule has 3 aromatic rings. The lowest BCUT2D eigenvalue weighted by Gasteiger charge is -2.26. The lowest BCUT2D eigenvalue weighted by atomic mass is 9.94. The number of Topliss-reactive ketones (excluding diaryl/α,β-unsaturated/α-hetero) is 1. The van der Waals surface area contributed by atoms with Crippen LogP contribution >= 0.6 is 0 Å². The van der Waals surface area contributed by atoms with E-state index in [0.29, 0.717) is 17.9 Å². The Kier molecular flexibility index (Phi) is 7.76. The summed E-state index contributed by atoms with van der Waals surface area (Å²) in [4.78, 5) is 32.4. The normalized spacial score (nSPS) is 16.6. The van der Waals surface area contributed by atoms with Gasteiger partial charge in [0, 0.05) is 50.8 Å². The minimum atomic E-state index is -0.784. The predicted molar refractivity (Wildman–Crippen MR) is 153 cm³/mol. The van der Waals surface area contributed by atoms with E-state index in [1.807, 2.05) is 100 Å². The van der Waals surface area contributed by atoms with Gasteiger partial charge in [0.1, 0.15) is 11.5 Å². The van der Waals surface area contributed by atoms with E-state index in [2.05, 4.69) is 0 Å². The smallest absolute Gasteiger partial charge is 0.300 e. The van der Waals surface area contributed by atoms with Crippen molar-refractivity contribution in [3.8, 4) is 5.75 Å². The van der Waals surface area contributed by atoms with Crippen LogP contribution < -0.4 is 19.4 Å². The first-order valence-corrected chi connectivity index (χ1v) is 12.7. The molecule has 3 aromatic carbocycles. The molecule has 0 saturated carbocycles. The van der Waals surface area contributed by atoms with Gasteiger partial charge in [-0.05, 0) is 79.1 Å². The van der Waals surface area contributed by atoms with Gasteiger partial charge < -0.3 is 19.6 Å². The number of carbonyl (C=O) groups is 2. The summed E-state index contributed by atoms with van der Waals surface area (Å²) < 4.78 is 5.77. The molecule has 1 saturated heterocycles. The molecule has 1 unspecified atom stereocenters.